The molecule has 0 aromatic rings. The Balaban J connectivity index is 5.03. The molecule has 0 fully saturated rings. The van der Waals surface area contributed by atoms with Gasteiger partial charge in [-0.15, -0.1) is 0 Å². The number of halogens is 1. The van der Waals surface area contributed by atoms with E-state index in [9.17, 15) is 13.2 Å². The number of hydrogen-bond donors (Lipinski definition) is 0. The first-order valence-electron chi connectivity index (χ1n) is 4.58. The zero-order valence-electron chi connectivity index (χ0n) is 9.74. The molecule has 90 valence electrons. The van der Waals surface area contributed by atoms with E-state index in [0.717, 1.165) is 6.26 Å². The van der Waals surface area contributed by atoms with E-state index in [2.05, 4.69) is 15.9 Å². The van der Waals surface area contributed by atoms with Crippen LogP contribution in [0.1, 0.15) is 20.8 Å². The Morgan fingerprint density at radius 1 is 1.47 bits per heavy atom. The van der Waals surface area contributed by atoms with Gasteiger partial charge in [0.05, 0.1) is 0 Å². The third-order valence-corrected chi connectivity index (χ3v) is 5.61. The van der Waals surface area contributed by atoms with Gasteiger partial charge in [-0.1, -0.05) is 15.9 Å². The van der Waals surface area contributed by atoms with Gasteiger partial charge in [0.2, 0.25) is 5.91 Å². The Kier molecular flexibility index (Phi) is 4.79. The summed E-state index contributed by atoms with van der Waals surface area (Å²) in [5, 5.41) is 0.620. The van der Waals surface area contributed by atoms with E-state index >= 15 is 0 Å². The molecule has 0 radical (unpaired) electrons. The van der Waals surface area contributed by atoms with Crippen LogP contribution in [0.25, 0.3) is 0 Å². The molecule has 0 aromatic carbocycles. The first-order valence-corrected chi connectivity index (χ1v) is 7.59. The highest BCUT2D eigenvalue weighted by molar-refractivity contribution is 9.09. The molecule has 0 spiro atoms. The normalized spacial score (nSPS) is 14.8. The Labute approximate surface area is 100 Å². The summed E-state index contributed by atoms with van der Waals surface area (Å²) in [6.07, 6.45) is 1.08. The second-order valence-corrected chi connectivity index (χ2v) is 7.41. The minimum absolute atomic E-state index is 0.0291. The average Bonchev–Trinajstić information content (AvgIpc) is 2.12. The Hall–Kier alpha value is -0.100. The molecule has 1 atom stereocenters. The predicted octanol–water partition coefficient (Wildman–Crippen LogP) is 1.05. The lowest BCUT2D eigenvalue weighted by atomic mass is 10.1. The maximum absolute atomic E-state index is 11.9. The second-order valence-electron chi connectivity index (χ2n) is 4.20. The third-order valence-electron chi connectivity index (χ3n) is 2.65. The lowest BCUT2D eigenvalue weighted by Gasteiger charge is -2.31. The predicted molar refractivity (Wildman–Crippen MR) is 64.9 cm³/mol. The molecule has 1 unspecified atom stereocenters. The van der Waals surface area contributed by atoms with Crippen molar-refractivity contribution in [3.05, 3.63) is 0 Å². The summed E-state index contributed by atoms with van der Waals surface area (Å²) in [6, 6.07) is -0.0291. The standard InChI is InChI=1S/C9H18BrNO3S/c1-7(6-10)11(4)8(12)9(2,3)15(5,13)14/h7H,6H2,1-5H3. The first kappa shape index (κ1) is 14.9. The van der Waals surface area contributed by atoms with Crippen molar-refractivity contribution < 1.29 is 13.2 Å². The molecular formula is C9H18BrNO3S. The SMILES string of the molecule is CC(CBr)N(C)C(=O)C(C)(C)S(C)(=O)=O. The number of carbonyl (C=O) groups excluding carboxylic acids is 1. The van der Waals surface area contributed by atoms with E-state index < -0.39 is 14.6 Å². The van der Waals surface area contributed by atoms with Crippen molar-refractivity contribution in [2.45, 2.75) is 31.6 Å². The van der Waals surface area contributed by atoms with Crippen molar-refractivity contribution in [2.75, 3.05) is 18.6 Å². The van der Waals surface area contributed by atoms with Gasteiger partial charge in [0.15, 0.2) is 9.84 Å². The van der Waals surface area contributed by atoms with Crippen LogP contribution in [0.5, 0.6) is 0 Å². The molecule has 15 heavy (non-hydrogen) atoms. The monoisotopic (exact) mass is 299 g/mol. The number of nitrogens with zero attached hydrogens (tertiary/aromatic N) is 1. The summed E-state index contributed by atoms with van der Waals surface area (Å²) < 4.78 is 21.5. The number of alkyl halides is 1. The van der Waals surface area contributed by atoms with Gasteiger partial charge in [0, 0.05) is 24.7 Å². The number of hydrogen-bond acceptors (Lipinski definition) is 3. The molecule has 0 aliphatic carbocycles. The van der Waals surface area contributed by atoms with Gasteiger partial charge in [-0.3, -0.25) is 4.79 Å². The van der Waals surface area contributed by atoms with Gasteiger partial charge in [0.1, 0.15) is 4.75 Å². The quantitative estimate of drug-likeness (QED) is 0.729. The van der Waals surface area contributed by atoms with Crippen molar-refractivity contribution in [2.24, 2.45) is 0 Å². The van der Waals surface area contributed by atoms with E-state index in [1.807, 2.05) is 6.92 Å². The van der Waals surface area contributed by atoms with Gasteiger partial charge in [0.25, 0.3) is 0 Å². The Bertz CT molecular complexity index is 337. The molecule has 6 heteroatoms. The van der Waals surface area contributed by atoms with Crippen molar-refractivity contribution in [3.8, 4) is 0 Å². The fourth-order valence-corrected chi connectivity index (χ4v) is 1.78. The zero-order chi connectivity index (χ0) is 12.4. The molecule has 0 aliphatic rings. The average molecular weight is 300 g/mol. The van der Waals surface area contributed by atoms with Crippen molar-refractivity contribution in [3.63, 3.8) is 0 Å². The van der Waals surface area contributed by atoms with Gasteiger partial charge in [-0.05, 0) is 20.8 Å². The van der Waals surface area contributed by atoms with Gasteiger partial charge in [-0.25, -0.2) is 8.42 Å². The summed E-state index contributed by atoms with van der Waals surface area (Å²) in [5.74, 6) is -0.378. The van der Waals surface area contributed by atoms with E-state index in [1.165, 1.54) is 18.7 Å². The van der Waals surface area contributed by atoms with Crippen LogP contribution in [0, 0.1) is 0 Å². The number of carbonyl (C=O) groups is 1. The molecule has 0 aromatic heterocycles. The molecular weight excluding hydrogens is 282 g/mol. The van der Waals surface area contributed by atoms with E-state index in [4.69, 9.17) is 0 Å². The fraction of sp³-hybridized carbons (Fsp3) is 0.889. The molecule has 1 amide bonds. The lowest BCUT2D eigenvalue weighted by molar-refractivity contribution is -0.133. The summed E-state index contributed by atoms with van der Waals surface area (Å²) in [5.41, 5.74) is 0. The highest BCUT2D eigenvalue weighted by Crippen LogP contribution is 2.19. The first-order chi connectivity index (χ1) is 6.55. The molecule has 0 rings (SSSR count). The number of rotatable bonds is 4. The topological polar surface area (TPSA) is 54.5 Å². The van der Waals surface area contributed by atoms with Crippen LogP contribution in [-0.2, 0) is 14.6 Å². The zero-order valence-corrected chi connectivity index (χ0v) is 12.1. The van der Waals surface area contributed by atoms with E-state index in [1.54, 1.807) is 7.05 Å². The summed E-state index contributed by atoms with van der Waals surface area (Å²) in [7, 11) is -1.78. The Morgan fingerprint density at radius 2 is 1.87 bits per heavy atom. The fourth-order valence-electron chi connectivity index (χ4n) is 0.887. The van der Waals surface area contributed by atoms with Crippen LogP contribution in [-0.4, -0.2) is 48.6 Å². The molecule has 0 saturated carbocycles. The largest absolute Gasteiger partial charge is 0.341 e. The van der Waals surface area contributed by atoms with Gasteiger partial charge >= 0.3 is 0 Å². The molecule has 4 nitrogen and oxygen atoms in total. The summed E-state index contributed by atoms with van der Waals surface area (Å²) in [6.45, 7) is 4.72. The van der Waals surface area contributed by atoms with E-state index in [0.29, 0.717) is 5.33 Å². The molecule has 0 saturated heterocycles. The van der Waals surface area contributed by atoms with Crippen LogP contribution in [0.3, 0.4) is 0 Å². The molecule has 0 N–H and O–H groups in total. The summed E-state index contributed by atoms with van der Waals surface area (Å²) in [4.78, 5) is 13.4. The van der Waals surface area contributed by atoms with Gasteiger partial charge in [-0.2, -0.15) is 0 Å². The maximum Gasteiger partial charge on any atom is 0.243 e. The molecule has 0 heterocycles. The van der Waals surface area contributed by atoms with Crippen LogP contribution >= 0.6 is 15.9 Å². The highest BCUT2D eigenvalue weighted by Gasteiger charge is 2.41. The van der Waals surface area contributed by atoms with Crippen molar-refractivity contribution in [1.29, 1.82) is 0 Å². The minimum Gasteiger partial charge on any atom is -0.341 e. The van der Waals surface area contributed by atoms with Crippen LogP contribution in [0.15, 0.2) is 0 Å². The van der Waals surface area contributed by atoms with Crippen LogP contribution < -0.4 is 0 Å². The minimum atomic E-state index is -3.39. The molecule has 0 bridgehead atoms. The highest BCUT2D eigenvalue weighted by atomic mass is 79.9. The third kappa shape index (κ3) is 3.17. The number of sulfone groups is 1. The second kappa shape index (κ2) is 4.82. The van der Waals surface area contributed by atoms with Crippen molar-refractivity contribution in [1.82, 2.24) is 4.90 Å². The Morgan fingerprint density at radius 3 is 2.13 bits per heavy atom. The van der Waals surface area contributed by atoms with Crippen molar-refractivity contribution >= 4 is 31.7 Å². The van der Waals surface area contributed by atoms with E-state index in [-0.39, 0.29) is 11.9 Å². The lowest BCUT2D eigenvalue weighted by Crippen LogP contribution is -2.51. The van der Waals surface area contributed by atoms with Crippen LogP contribution in [0.2, 0.25) is 0 Å². The maximum atomic E-state index is 11.9. The summed E-state index contributed by atoms with van der Waals surface area (Å²) >= 11 is 3.26. The number of amides is 1. The molecule has 0 aliphatic heterocycles. The smallest absolute Gasteiger partial charge is 0.243 e. The van der Waals surface area contributed by atoms with Crippen LogP contribution in [0.4, 0.5) is 0 Å². The van der Waals surface area contributed by atoms with Gasteiger partial charge < -0.3 is 4.90 Å².